The van der Waals surface area contributed by atoms with E-state index in [1.54, 1.807) is 34.9 Å². The number of aromatic amines is 1. The van der Waals surface area contributed by atoms with Crippen molar-refractivity contribution in [2.75, 3.05) is 11.9 Å². The van der Waals surface area contributed by atoms with Gasteiger partial charge in [0.15, 0.2) is 0 Å². The molecular weight excluding hydrogens is 438 g/mol. The second-order valence-corrected chi connectivity index (χ2v) is 12.1. The zero-order chi connectivity index (χ0) is 22.7. The zero-order valence-electron chi connectivity index (χ0n) is 19.1. The summed E-state index contributed by atoms with van der Waals surface area (Å²) < 4.78 is 1.16. The fourth-order valence-corrected chi connectivity index (χ4v) is 7.31. The van der Waals surface area contributed by atoms with Gasteiger partial charge in [-0.1, -0.05) is 17.4 Å². The molecule has 0 aliphatic carbocycles. The van der Waals surface area contributed by atoms with Crippen LogP contribution >= 0.6 is 22.7 Å². The Morgan fingerprint density at radius 3 is 2.44 bits per heavy atom. The highest BCUT2D eigenvalue weighted by atomic mass is 32.1. The Kier molecular flexibility index (Phi) is 5.07. The number of thiazole rings is 1. The number of hydrogen-bond donors (Lipinski definition) is 3. The van der Waals surface area contributed by atoms with Crippen LogP contribution in [0.2, 0.25) is 0 Å². The first kappa shape index (κ1) is 21.4. The minimum absolute atomic E-state index is 0.112. The third kappa shape index (κ3) is 4.02. The summed E-state index contributed by atoms with van der Waals surface area (Å²) in [5.41, 5.74) is 2.86. The van der Waals surface area contributed by atoms with Gasteiger partial charge in [0.1, 0.15) is 15.6 Å². The molecule has 6 nitrogen and oxygen atoms in total. The highest BCUT2D eigenvalue weighted by Crippen LogP contribution is 2.43. The van der Waals surface area contributed by atoms with Crippen LogP contribution < -0.4 is 10.2 Å². The summed E-state index contributed by atoms with van der Waals surface area (Å²) in [5.74, 6) is 0.238. The predicted molar refractivity (Wildman–Crippen MR) is 135 cm³/mol. The third-order valence-corrected chi connectivity index (χ3v) is 8.48. The molecule has 4 heterocycles. The van der Waals surface area contributed by atoms with E-state index in [1.165, 1.54) is 5.00 Å². The number of nitrogens with one attached hydrogen (secondary N) is 2. The highest BCUT2D eigenvalue weighted by Gasteiger charge is 2.39. The Morgan fingerprint density at radius 2 is 1.81 bits per heavy atom. The van der Waals surface area contributed by atoms with Crippen LogP contribution in [0.4, 0.5) is 5.00 Å². The van der Waals surface area contributed by atoms with Gasteiger partial charge >= 0.3 is 0 Å². The summed E-state index contributed by atoms with van der Waals surface area (Å²) in [6.07, 6.45) is 5.77. The molecule has 3 aromatic heterocycles. The summed E-state index contributed by atoms with van der Waals surface area (Å²) in [4.78, 5) is 8.32. The summed E-state index contributed by atoms with van der Waals surface area (Å²) in [5, 5.41) is 23.3. The van der Waals surface area contributed by atoms with Gasteiger partial charge in [-0.15, -0.1) is 11.3 Å². The fraction of sp³-hybridized carbons (Fsp3) is 0.417. The van der Waals surface area contributed by atoms with Gasteiger partial charge in [0.05, 0.1) is 21.5 Å². The lowest BCUT2D eigenvalue weighted by molar-refractivity contribution is 0.161. The molecule has 168 valence electrons. The van der Waals surface area contributed by atoms with Crippen molar-refractivity contribution in [3.8, 4) is 27.4 Å². The van der Waals surface area contributed by atoms with Crippen molar-refractivity contribution in [2.45, 2.75) is 57.7 Å². The summed E-state index contributed by atoms with van der Waals surface area (Å²) in [6.45, 7) is 9.17. The van der Waals surface area contributed by atoms with Gasteiger partial charge in [0, 0.05) is 35.9 Å². The maximum atomic E-state index is 10.6. The second-order valence-electron chi connectivity index (χ2n) is 10.1. The Morgan fingerprint density at radius 1 is 1.06 bits per heavy atom. The van der Waals surface area contributed by atoms with Crippen LogP contribution in [0.3, 0.4) is 0 Å². The molecule has 0 amide bonds. The molecule has 8 heteroatoms. The van der Waals surface area contributed by atoms with E-state index in [9.17, 15) is 5.11 Å². The molecule has 0 saturated carbocycles. The maximum Gasteiger partial charge on any atom is 0.137 e. The number of aromatic nitrogens is 3. The molecule has 0 bridgehead atoms. The molecule has 1 aliphatic heterocycles. The first-order valence-electron chi connectivity index (χ1n) is 10.9. The Labute approximate surface area is 196 Å². The van der Waals surface area contributed by atoms with Gasteiger partial charge < -0.3 is 15.3 Å². The van der Waals surface area contributed by atoms with Gasteiger partial charge in [-0.05, 0) is 64.3 Å². The molecule has 0 radical (unpaired) electrons. The second kappa shape index (κ2) is 7.57. The van der Waals surface area contributed by atoms with Gasteiger partial charge in [-0.25, -0.2) is 4.98 Å². The molecule has 32 heavy (non-hydrogen) atoms. The molecule has 1 aromatic carbocycles. The zero-order valence-corrected chi connectivity index (χ0v) is 20.7. The number of thiophene rings is 1. The first-order valence-corrected chi connectivity index (χ1v) is 12.5. The molecule has 0 atom stereocenters. The molecule has 0 spiro atoms. The van der Waals surface area contributed by atoms with E-state index < -0.39 is 0 Å². The molecular formula is C24H29N5OS2. The average Bonchev–Trinajstić information content (AvgIpc) is 3.41. The molecule has 4 aromatic rings. The molecule has 3 N–H and O–H groups in total. The summed E-state index contributed by atoms with van der Waals surface area (Å²) in [7, 11) is 2.21. The van der Waals surface area contributed by atoms with Gasteiger partial charge in [0.2, 0.25) is 0 Å². The van der Waals surface area contributed by atoms with Gasteiger partial charge in [0.25, 0.3) is 0 Å². The molecule has 1 saturated heterocycles. The quantitative estimate of drug-likeness (QED) is 0.350. The number of hydrogen-bond acceptors (Lipinski definition) is 7. The summed E-state index contributed by atoms with van der Waals surface area (Å²) in [6, 6.07) is 8.44. The van der Waals surface area contributed by atoms with Crippen LogP contribution in [0.5, 0.6) is 5.75 Å². The smallest absolute Gasteiger partial charge is 0.137 e. The number of aromatic hydroxyl groups is 1. The van der Waals surface area contributed by atoms with Crippen molar-refractivity contribution in [1.29, 1.82) is 0 Å². The third-order valence-electron chi connectivity index (χ3n) is 6.20. The van der Waals surface area contributed by atoms with Crippen molar-refractivity contribution >= 4 is 37.2 Å². The number of anilines is 1. The van der Waals surface area contributed by atoms with Crippen molar-refractivity contribution in [3.05, 3.63) is 36.7 Å². The van der Waals surface area contributed by atoms with E-state index in [1.807, 2.05) is 18.3 Å². The van der Waals surface area contributed by atoms with Crippen LogP contribution in [0.15, 0.2) is 36.7 Å². The number of nitrogens with zero attached hydrogens (tertiary/aromatic N) is 3. The van der Waals surface area contributed by atoms with Crippen molar-refractivity contribution in [1.82, 2.24) is 20.5 Å². The Balaban J connectivity index is 1.40. The van der Waals surface area contributed by atoms with Crippen LogP contribution in [-0.4, -0.2) is 44.5 Å². The number of fused-ring (bicyclic) bond motifs is 1. The van der Waals surface area contributed by atoms with Crippen molar-refractivity contribution in [2.24, 2.45) is 0 Å². The SMILES string of the molecule is CN(c1cc2sc(-c3ccc(-c4cn[nH]c4)cc3O)nc2s1)C1CC(C)(C)NC(C)(C)C1. The number of benzene rings is 1. The number of rotatable bonds is 4. The van der Waals surface area contributed by atoms with Crippen LogP contribution in [-0.2, 0) is 0 Å². The first-order chi connectivity index (χ1) is 15.1. The number of H-pyrrole nitrogens is 1. The molecule has 5 rings (SSSR count). The van der Waals surface area contributed by atoms with E-state index in [4.69, 9.17) is 4.98 Å². The standard InChI is InChI=1S/C24H29N5OS2/c1-23(2)10-16(11-24(3,4)28-23)29(5)20-9-19-22(32-20)27-21(31-19)17-7-6-14(8-18(17)30)15-12-25-26-13-15/h6-9,12-13,16,28,30H,10-11H2,1-5H3,(H,25,26). The molecule has 1 aliphatic rings. The van der Waals surface area contributed by atoms with Gasteiger partial charge in [-0.2, -0.15) is 5.10 Å². The molecule has 0 unspecified atom stereocenters. The monoisotopic (exact) mass is 467 g/mol. The number of phenols is 1. The van der Waals surface area contributed by atoms with Crippen molar-refractivity contribution in [3.63, 3.8) is 0 Å². The average molecular weight is 468 g/mol. The normalized spacial score (nSPS) is 18.3. The topological polar surface area (TPSA) is 77.1 Å². The predicted octanol–water partition coefficient (Wildman–Crippen LogP) is 5.87. The van der Waals surface area contributed by atoms with E-state index in [0.717, 1.165) is 44.1 Å². The van der Waals surface area contributed by atoms with E-state index in [0.29, 0.717) is 6.04 Å². The van der Waals surface area contributed by atoms with Gasteiger partial charge in [-0.3, -0.25) is 5.10 Å². The largest absolute Gasteiger partial charge is 0.507 e. The van der Waals surface area contributed by atoms with E-state index >= 15 is 0 Å². The minimum Gasteiger partial charge on any atom is -0.507 e. The molecule has 1 fully saturated rings. The number of piperidine rings is 1. The maximum absolute atomic E-state index is 10.6. The summed E-state index contributed by atoms with van der Waals surface area (Å²) >= 11 is 3.37. The Hall–Kier alpha value is -2.42. The van der Waals surface area contributed by atoms with Crippen LogP contribution in [0, 0.1) is 0 Å². The minimum atomic E-state index is 0.112. The van der Waals surface area contributed by atoms with Crippen LogP contribution in [0.25, 0.3) is 31.2 Å². The fourth-order valence-electron chi connectivity index (χ4n) is 5.03. The van der Waals surface area contributed by atoms with Crippen molar-refractivity contribution < 1.29 is 5.11 Å². The lowest BCUT2D eigenvalue weighted by atomic mass is 9.79. The Bertz CT molecular complexity index is 1210. The lowest BCUT2D eigenvalue weighted by Gasteiger charge is -2.49. The highest BCUT2D eigenvalue weighted by molar-refractivity contribution is 7.30. The van der Waals surface area contributed by atoms with E-state index in [-0.39, 0.29) is 16.8 Å². The van der Waals surface area contributed by atoms with Crippen LogP contribution in [0.1, 0.15) is 40.5 Å². The number of phenolic OH excluding ortho intramolecular Hbond substituents is 1. The van der Waals surface area contributed by atoms with E-state index in [2.05, 4.69) is 61.2 Å². The lowest BCUT2D eigenvalue weighted by Crippen LogP contribution is -2.61.